The fourth-order valence-electron chi connectivity index (χ4n) is 2.97. The van der Waals surface area contributed by atoms with Crippen LogP contribution < -0.4 is 15.4 Å². The summed E-state index contributed by atoms with van der Waals surface area (Å²) in [5.41, 5.74) is 0.894. The first-order chi connectivity index (χ1) is 14.3. The minimum absolute atomic E-state index is 0.507. The minimum Gasteiger partial charge on any atom is -0.457 e. The second-order valence-electron chi connectivity index (χ2n) is 6.61. The number of anilines is 3. The highest BCUT2D eigenvalue weighted by atomic mass is 16.5. The molecule has 8 heteroatoms. The maximum absolute atomic E-state index is 5.81. The Hall–Kier alpha value is -3.23. The first-order valence-corrected chi connectivity index (χ1v) is 9.69. The van der Waals surface area contributed by atoms with E-state index in [1.54, 1.807) is 6.20 Å². The van der Waals surface area contributed by atoms with E-state index in [2.05, 4.69) is 30.7 Å². The van der Waals surface area contributed by atoms with Crippen LogP contribution in [0, 0.1) is 0 Å². The van der Waals surface area contributed by atoms with Crippen molar-refractivity contribution in [2.24, 2.45) is 0 Å². The molecule has 0 aliphatic carbocycles. The SMILES string of the molecule is c1ccc(Oc2ccc(Nc3cnnc(NCCN4CCOCC4)n3)cc2)cc1. The van der Waals surface area contributed by atoms with Crippen molar-refractivity contribution < 1.29 is 9.47 Å². The van der Waals surface area contributed by atoms with Crippen LogP contribution in [0.4, 0.5) is 17.5 Å². The van der Waals surface area contributed by atoms with Gasteiger partial charge in [0.05, 0.1) is 19.4 Å². The molecule has 1 aliphatic rings. The van der Waals surface area contributed by atoms with E-state index in [0.717, 1.165) is 56.6 Å². The Morgan fingerprint density at radius 1 is 0.966 bits per heavy atom. The molecule has 0 spiro atoms. The number of para-hydroxylation sites is 1. The van der Waals surface area contributed by atoms with Crippen LogP contribution in [0.2, 0.25) is 0 Å². The van der Waals surface area contributed by atoms with E-state index < -0.39 is 0 Å². The molecule has 0 bridgehead atoms. The van der Waals surface area contributed by atoms with E-state index in [9.17, 15) is 0 Å². The second-order valence-corrected chi connectivity index (χ2v) is 6.61. The normalized spacial score (nSPS) is 14.3. The first kappa shape index (κ1) is 19.1. The molecule has 8 nitrogen and oxygen atoms in total. The summed E-state index contributed by atoms with van der Waals surface area (Å²) in [4.78, 5) is 6.82. The Kier molecular flexibility index (Phi) is 6.46. The van der Waals surface area contributed by atoms with Gasteiger partial charge in [0.1, 0.15) is 11.5 Å². The van der Waals surface area contributed by atoms with Gasteiger partial charge < -0.3 is 20.1 Å². The number of morpholine rings is 1. The Morgan fingerprint density at radius 3 is 2.52 bits per heavy atom. The highest BCUT2D eigenvalue weighted by molar-refractivity contribution is 5.57. The molecule has 2 heterocycles. The maximum Gasteiger partial charge on any atom is 0.244 e. The van der Waals surface area contributed by atoms with E-state index in [0.29, 0.717) is 11.8 Å². The molecule has 1 aromatic heterocycles. The molecule has 3 aromatic rings. The fourth-order valence-corrected chi connectivity index (χ4v) is 2.97. The molecule has 1 saturated heterocycles. The molecule has 4 rings (SSSR count). The maximum atomic E-state index is 5.81. The van der Waals surface area contributed by atoms with Crippen molar-refractivity contribution in [2.75, 3.05) is 50.0 Å². The topological polar surface area (TPSA) is 84.4 Å². The monoisotopic (exact) mass is 392 g/mol. The fraction of sp³-hybridized carbons (Fsp3) is 0.286. The minimum atomic E-state index is 0.507. The van der Waals surface area contributed by atoms with Crippen LogP contribution in [0.25, 0.3) is 0 Å². The summed E-state index contributed by atoms with van der Waals surface area (Å²) in [6.07, 6.45) is 1.60. The lowest BCUT2D eigenvalue weighted by Crippen LogP contribution is -2.39. The highest BCUT2D eigenvalue weighted by Crippen LogP contribution is 2.23. The van der Waals surface area contributed by atoms with Crippen molar-refractivity contribution in [3.63, 3.8) is 0 Å². The lowest BCUT2D eigenvalue weighted by molar-refractivity contribution is 0.0398. The molecule has 0 saturated carbocycles. The molecule has 29 heavy (non-hydrogen) atoms. The van der Waals surface area contributed by atoms with Gasteiger partial charge in [0.2, 0.25) is 5.95 Å². The zero-order valence-electron chi connectivity index (χ0n) is 16.1. The smallest absolute Gasteiger partial charge is 0.244 e. The van der Waals surface area contributed by atoms with Gasteiger partial charge in [-0.25, -0.2) is 0 Å². The Morgan fingerprint density at radius 2 is 1.72 bits per heavy atom. The second kappa shape index (κ2) is 9.81. The zero-order chi connectivity index (χ0) is 19.7. The van der Waals surface area contributed by atoms with Gasteiger partial charge in [-0.2, -0.15) is 10.1 Å². The number of aromatic nitrogens is 3. The third-order valence-corrected chi connectivity index (χ3v) is 4.48. The van der Waals surface area contributed by atoms with E-state index in [-0.39, 0.29) is 0 Å². The molecule has 2 N–H and O–H groups in total. The van der Waals surface area contributed by atoms with Crippen LogP contribution in [0.3, 0.4) is 0 Å². The summed E-state index contributed by atoms with van der Waals surface area (Å²) < 4.78 is 11.2. The van der Waals surface area contributed by atoms with Crippen molar-refractivity contribution in [2.45, 2.75) is 0 Å². The largest absolute Gasteiger partial charge is 0.457 e. The molecule has 1 fully saturated rings. The number of nitrogens with one attached hydrogen (secondary N) is 2. The predicted octanol–water partition coefficient (Wildman–Crippen LogP) is 3.15. The average molecular weight is 392 g/mol. The molecule has 0 atom stereocenters. The van der Waals surface area contributed by atoms with Crippen molar-refractivity contribution in [1.82, 2.24) is 20.1 Å². The summed E-state index contributed by atoms with van der Waals surface area (Å²) in [5.74, 6) is 2.71. The van der Waals surface area contributed by atoms with E-state index >= 15 is 0 Å². The molecule has 1 aliphatic heterocycles. The molecular weight excluding hydrogens is 368 g/mol. The standard InChI is InChI=1S/C21H24N6O2/c1-2-4-18(5-3-1)29-19-8-6-17(7-9-19)24-20-16-23-26-21(25-20)22-10-11-27-12-14-28-15-13-27/h1-9,16H,10-15H2,(H2,22,24,25,26). The van der Waals surface area contributed by atoms with Crippen LogP contribution >= 0.6 is 0 Å². The van der Waals surface area contributed by atoms with Gasteiger partial charge in [0, 0.05) is 31.9 Å². The number of hydrogen-bond acceptors (Lipinski definition) is 8. The molecule has 0 radical (unpaired) electrons. The van der Waals surface area contributed by atoms with Gasteiger partial charge in [-0.1, -0.05) is 18.2 Å². The van der Waals surface area contributed by atoms with Crippen molar-refractivity contribution in [3.8, 4) is 11.5 Å². The highest BCUT2D eigenvalue weighted by Gasteiger charge is 2.09. The third-order valence-electron chi connectivity index (χ3n) is 4.48. The zero-order valence-corrected chi connectivity index (χ0v) is 16.1. The lowest BCUT2D eigenvalue weighted by atomic mass is 10.3. The predicted molar refractivity (Wildman–Crippen MR) is 112 cm³/mol. The summed E-state index contributed by atoms with van der Waals surface area (Å²) in [5, 5.41) is 14.5. The summed E-state index contributed by atoms with van der Waals surface area (Å²) in [7, 11) is 0. The lowest BCUT2D eigenvalue weighted by Gasteiger charge is -2.26. The molecular formula is C21H24N6O2. The molecule has 0 unspecified atom stereocenters. The number of nitrogens with zero attached hydrogens (tertiary/aromatic N) is 4. The van der Waals surface area contributed by atoms with Crippen LogP contribution in [0.1, 0.15) is 0 Å². The summed E-state index contributed by atoms with van der Waals surface area (Å²) >= 11 is 0. The van der Waals surface area contributed by atoms with Gasteiger partial charge in [0.25, 0.3) is 0 Å². The van der Waals surface area contributed by atoms with Gasteiger partial charge in [0.15, 0.2) is 5.82 Å². The number of ether oxygens (including phenoxy) is 2. The Bertz CT molecular complexity index is 885. The third kappa shape index (κ3) is 5.87. The molecule has 150 valence electrons. The van der Waals surface area contributed by atoms with Crippen molar-refractivity contribution >= 4 is 17.5 Å². The number of rotatable bonds is 8. The van der Waals surface area contributed by atoms with E-state index in [1.807, 2.05) is 54.6 Å². The van der Waals surface area contributed by atoms with E-state index in [1.165, 1.54) is 0 Å². The quantitative estimate of drug-likeness (QED) is 0.605. The van der Waals surface area contributed by atoms with Gasteiger partial charge in [-0.15, -0.1) is 5.10 Å². The van der Waals surface area contributed by atoms with Crippen molar-refractivity contribution in [3.05, 3.63) is 60.8 Å². The summed E-state index contributed by atoms with van der Waals surface area (Å²) in [6.45, 7) is 5.21. The van der Waals surface area contributed by atoms with Crippen LogP contribution in [-0.4, -0.2) is 59.5 Å². The Labute approximate surface area is 169 Å². The van der Waals surface area contributed by atoms with Crippen LogP contribution in [0.5, 0.6) is 11.5 Å². The van der Waals surface area contributed by atoms with Gasteiger partial charge in [-0.3, -0.25) is 4.90 Å². The molecule has 2 aromatic carbocycles. The van der Waals surface area contributed by atoms with E-state index in [4.69, 9.17) is 9.47 Å². The molecule has 0 amide bonds. The number of hydrogen-bond donors (Lipinski definition) is 2. The Balaban J connectivity index is 1.29. The average Bonchev–Trinajstić information content (AvgIpc) is 2.77. The van der Waals surface area contributed by atoms with Crippen molar-refractivity contribution in [1.29, 1.82) is 0 Å². The van der Waals surface area contributed by atoms with Crippen LogP contribution in [0.15, 0.2) is 60.8 Å². The number of benzene rings is 2. The van der Waals surface area contributed by atoms with Gasteiger partial charge in [-0.05, 0) is 36.4 Å². The van der Waals surface area contributed by atoms with Crippen LogP contribution in [-0.2, 0) is 4.74 Å². The first-order valence-electron chi connectivity index (χ1n) is 9.69. The van der Waals surface area contributed by atoms with Gasteiger partial charge >= 0.3 is 0 Å². The summed E-state index contributed by atoms with van der Waals surface area (Å²) in [6, 6.07) is 17.4.